The van der Waals surface area contributed by atoms with Crippen LogP contribution in [0.5, 0.6) is 5.75 Å². The van der Waals surface area contributed by atoms with Gasteiger partial charge in [0.05, 0.1) is 19.0 Å². The van der Waals surface area contributed by atoms with E-state index < -0.39 is 0 Å². The molecule has 3 rings (SSSR count). The van der Waals surface area contributed by atoms with Crippen LogP contribution in [0.4, 0.5) is 16.2 Å². The number of ether oxygens (including phenoxy) is 1. The lowest BCUT2D eigenvalue weighted by molar-refractivity contribution is 0.0963. The summed E-state index contributed by atoms with van der Waals surface area (Å²) in [6.45, 7) is 2.63. The fourth-order valence-electron chi connectivity index (χ4n) is 2.99. The average Bonchev–Trinajstić information content (AvgIpc) is 2.73. The molecular formula is C19H23N5O3. The molecule has 3 amide bonds. The molecule has 8 heteroatoms. The summed E-state index contributed by atoms with van der Waals surface area (Å²) in [6.07, 6.45) is 3.43. The molecule has 1 aliphatic heterocycles. The number of hydrogen-bond acceptors (Lipinski definition) is 5. The highest BCUT2D eigenvalue weighted by molar-refractivity contribution is 5.95. The molecule has 1 aromatic carbocycles. The van der Waals surface area contributed by atoms with Crippen LogP contribution in [0.3, 0.4) is 0 Å². The second-order valence-electron chi connectivity index (χ2n) is 6.11. The van der Waals surface area contributed by atoms with Crippen LogP contribution in [-0.4, -0.2) is 62.2 Å². The summed E-state index contributed by atoms with van der Waals surface area (Å²) < 4.78 is 5.36. The fraction of sp³-hybridized carbons (Fsp3) is 0.316. The number of anilines is 2. The highest BCUT2D eigenvalue weighted by atomic mass is 16.5. The summed E-state index contributed by atoms with van der Waals surface area (Å²) in [5.41, 5.74) is 2.19. The van der Waals surface area contributed by atoms with Crippen molar-refractivity contribution in [2.75, 3.05) is 50.6 Å². The SMILES string of the molecule is CNC(=O)c1ccc(NC(=O)N2CCN(c3ccncc3OC)CC2)cc1. The van der Waals surface area contributed by atoms with Gasteiger partial charge >= 0.3 is 6.03 Å². The number of piperazine rings is 1. The minimum absolute atomic E-state index is 0.149. The minimum atomic E-state index is -0.157. The number of nitrogens with zero attached hydrogens (tertiary/aromatic N) is 3. The van der Waals surface area contributed by atoms with E-state index in [9.17, 15) is 9.59 Å². The molecular weight excluding hydrogens is 346 g/mol. The summed E-state index contributed by atoms with van der Waals surface area (Å²) in [5.74, 6) is 0.571. The lowest BCUT2D eigenvalue weighted by Gasteiger charge is -2.36. The van der Waals surface area contributed by atoms with Crippen molar-refractivity contribution in [3.05, 3.63) is 48.3 Å². The van der Waals surface area contributed by atoms with Crippen LogP contribution in [-0.2, 0) is 0 Å². The second kappa shape index (κ2) is 8.39. The number of hydrogen-bond donors (Lipinski definition) is 2. The van der Waals surface area contributed by atoms with Crippen molar-refractivity contribution < 1.29 is 14.3 Å². The van der Waals surface area contributed by atoms with Crippen LogP contribution in [0.15, 0.2) is 42.7 Å². The summed E-state index contributed by atoms with van der Waals surface area (Å²) >= 11 is 0. The Balaban J connectivity index is 1.56. The Bertz CT molecular complexity index is 801. The predicted molar refractivity (Wildman–Crippen MR) is 103 cm³/mol. The summed E-state index contributed by atoms with van der Waals surface area (Å²) in [4.78, 5) is 32.1. The van der Waals surface area contributed by atoms with Crippen molar-refractivity contribution in [3.8, 4) is 5.75 Å². The smallest absolute Gasteiger partial charge is 0.321 e. The van der Waals surface area contributed by atoms with Crippen LogP contribution in [0.25, 0.3) is 0 Å². The van der Waals surface area contributed by atoms with Gasteiger partial charge in [0.15, 0.2) is 5.75 Å². The highest BCUT2D eigenvalue weighted by Gasteiger charge is 2.23. The van der Waals surface area contributed by atoms with Crippen molar-refractivity contribution in [2.24, 2.45) is 0 Å². The Morgan fingerprint density at radius 2 is 1.78 bits per heavy atom. The van der Waals surface area contributed by atoms with Crippen molar-refractivity contribution in [1.82, 2.24) is 15.2 Å². The topological polar surface area (TPSA) is 86.8 Å². The maximum atomic E-state index is 12.5. The van der Waals surface area contributed by atoms with E-state index in [0.717, 1.165) is 11.4 Å². The van der Waals surface area contributed by atoms with Gasteiger partial charge < -0.3 is 25.2 Å². The summed E-state index contributed by atoms with van der Waals surface area (Å²) in [5, 5.41) is 5.44. The van der Waals surface area contributed by atoms with E-state index >= 15 is 0 Å². The zero-order valence-electron chi connectivity index (χ0n) is 15.4. The van der Waals surface area contributed by atoms with Gasteiger partial charge in [-0.2, -0.15) is 0 Å². The zero-order valence-corrected chi connectivity index (χ0v) is 15.4. The Labute approximate surface area is 158 Å². The summed E-state index contributed by atoms with van der Waals surface area (Å²) in [6, 6.07) is 8.58. The van der Waals surface area contributed by atoms with Gasteiger partial charge in [-0.1, -0.05) is 0 Å². The molecule has 1 aliphatic rings. The molecule has 2 aromatic rings. The molecule has 0 spiro atoms. The van der Waals surface area contributed by atoms with Crippen molar-refractivity contribution in [1.29, 1.82) is 0 Å². The average molecular weight is 369 g/mol. The van der Waals surface area contributed by atoms with Crippen molar-refractivity contribution in [3.63, 3.8) is 0 Å². The number of rotatable bonds is 4. The van der Waals surface area contributed by atoms with Gasteiger partial charge in [0.1, 0.15) is 0 Å². The number of benzene rings is 1. The van der Waals surface area contributed by atoms with Crippen molar-refractivity contribution >= 4 is 23.3 Å². The lowest BCUT2D eigenvalue weighted by atomic mass is 10.2. The van der Waals surface area contributed by atoms with E-state index in [0.29, 0.717) is 37.4 Å². The van der Waals surface area contributed by atoms with Gasteiger partial charge in [-0.3, -0.25) is 9.78 Å². The molecule has 27 heavy (non-hydrogen) atoms. The van der Waals surface area contributed by atoms with Crippen LogP contribution in [0, 0.1) is 0 Å². The van der Waals surface area contributed by atoms with E-state index in [1.807, 2.05) is 6.07 Å². The van der Waals surface area contributed by atoms with E-state index in [2.05, 4.69) is 20.5 Å². The van der Waals surface area contributed by atoms with Gasteiger partial charge in [-0.25, -0.2) is 4.79 Å². The number of amides is 3. The molecule has 1 aromatic heterocycles. The molecule has 142 valence electrons. The Morgan fingerprint density at radius 1 is 1.07 bits per heavy atom. The van der Waals surface area contributed by atoms with Crippen LogP contribution >= 0.6 is 0 Å². The zero-order chi connectivity index (χ0) is 19.2. The highest BCUT2D eigenvalue weighted by Crippen LogP contribution is 2.27. The van der Waals surface area contributed by atoms with Gasteiger partial charge in [0, 0.05) is 50.7 Å². The number of pyridine rings is 1. The minimum Gasteiger partial charge on any atom is -0.493 e. The van der Waals surface area contributed by atoms with Crippen molar-refractivity contribution in [2.45, 2.75) is 0 Å². The van der Waals surface area contributed by atoms with Gasteiger partial charge in [-0.15, -0.1) is 0 Å². The van der Waals surface area contributed by atoms with E-state index in [1.165, 1.54) is 0 Å². The Hall–Kier alpha value is -3.29. The van der Waals surface area contributed by atoms with Gasteiger partial charge in [-0.05, 0) is 30.3 Å². The lowest BCUT2D eigenvalue weighted by Crippen LogP contribution is -2.50. The predicted octanol–water partition coefficient (Wildman–Crippen LogP) is 1.80. The normalized spacial score (nSPS) is 13.9. The van der Waals surface area contributed by atoms with Crippen LogP contribution < -0.4 is 20.3 Å². The fourth-order valence-corrected chi connectivity index (χ4v) is 2.99. The molecule has 0 radical (unpaired) electrons. The molecule has 0 saturated carbocycles. The molecule has 8 nitrogen and oxygen atoms in total. The molecule has 1 fully saturated rings. The molecule has 1 saturated heterocycles. The third kappa shape index (κ3) is 4.28. The third-order valence-electron chi connectivity index (χ3n) is 4.52. The largest absolute Gasteiger partial charge is 0.493 e. The molecule has 0 unspecified atom stereocenters. The first kappa shape index (κ1) is 18.5. The number of methoxy groups -OCH3 is 1. The monoisotopic (exact) mass is 369 g/mol. The van der Waals surface area contributed by atoms with E-state index in [-0.39, 0.29) is 11.9 Å². The second-order valence-corrected chi connectivity index (χ2v) is 6.11. The maximum absolute atomic E-state index is 12.5. The number of carbonyl (C=O) groups excluding carboxylic acids is 2. The number of carbonyl (C=O) groups is 2. The first-order valence-electron chi connectivity index (χ1n) is 8.73. The quantitative estimate of drug-likeness (QED) is 0.858. The Kier molecular flexibility index (Phi) is 5.75. The number of urea groups is 1. The molecule has 0 atom stereocenters. The van der Waals surface area contributed by atoms with Gasteiger partial charge in [0.2, 0.25) is 0 Å². The number of nitrogens with one attached hydrogen (secondary N) is 2. The summed E-state index contributed by atoms with van der Waals surface area (Å²) in [7, 11) is 3.21. The molecule has 2 N–H and O–H groups in total. The first-order valence-corrected chi connectivity index (χ1v) is 8.73. The maximum Gasteiger partial charge on any atom is 0.321 e. The van der Waals surface area contributed by atoms with Gasteiger partial charge in [0.25, 0.3) is 5.91 Å². The van der Waals surface area contributed by atoms with Crippen LogP contribution in [0.1, 0.15) is 10.4 Å². The van der Waals surface area contributed by atoms with Crippen LogP contribution in [0.2, 0.25) is 0 Å². The molecule has 0 bridgehead atoms. The molecule has 0 aliphatic carbocycles. The van der Waals surface area contributed by atoms with E-state index in [1.54, 1.807) is 55.7 Å². The number of aromatic nitrogens is 1. The standard InChI is InChI=1S/C19H23N5O3/c1-20-18(25)14-3-5-15(6-4-14)22-19(26)24-11-9-23(10-12-24)16-7-8-21-13-17(16)27-2/h3-8,13H,9-12H2,1-2H3,(H,20,25)(H,22,26). The Morgan fingerprint density at radius 3 is 2.41 bits per heavy atom. The van der Waals surface area contributed by atoms with E-state index in [4.69, 9.17) is 4.74 Å². The molecule has 2 heterocycles. The first-order chi connectivity index (χ1) is 13.1. The third-order valence-corrected chi connectivity index (χ3v) is 4.52.